The van der Waals surface area contributed by atoms with E-state index in [-0.39, 0.29) is 48.3 Å². The summed E-state index contributed by atoms with van der Waals surface area (Å²) in [6.45, 7) is 3.17. The highest BCUT2D eigenvalue weighted by Crippen LogP contribution is 2.42. The average Bonchev–Trinajstić information content (AvgIpc) is 3.60. The number of urea groups is 1. The number of nitrogens with zero attached hydrogens (tertiary/aromatic N) is 2. The van der Waals surface area contributed by atoms with E-state index in [0.29, 0.717) is 18.5 Å². The standard InChI is InChI=1S/C22H29N5O6S/c1-14(28)23-16-5-7-18(8-6-16)34(32,33)26-11-9-17(10-12-26)24-19(29)13-27-20(30)22(2,15-3-4-15)25-21(27)31/h5-8,15,17H,3-4,9-13H2,1-2H3,(H,23,28)(H,24,29)(H,25,31). The Morgan fingerprint density at radius 3 is 2.26 bits per heavy atom. The Hall–Kier alpha value is -2.99. The summed E-state index contributed by atoms with van der Waals surface area (Å²) in [6, 6.07) is 5.15. The maximum absolute atomic E-state index is 12.9. The van der Waals surface area contributed by atoms with Crippen LogP contribution in [0.1, 0.15) is 39.5 Å². The predicted molar refractivity (Wildman–Crippen MR) is 122 cm³/mol. The molecule has 0 bridgehead atoms. The van der Waals surface area contributed by atoms with Crippen LogP contribution < -0.4 is 16.0 Å². The van der Waals surface area contributed by atoms with E-state index in [0.717, 1.165) is 17.7 Å². The molecular weight excluding hydrogens is 462 g/mol. The molecule has 184 valence electrons. The van der Waals surface area contributed by atoms with E-state index in [1.165, 1.54) is 35.5 Å². The lowest BCUT2D eigenvalue weighted by Gasteiger charge is -2.32. The SMILES string of the molecule is CC(=O)Nc1ccc(S(=O)(=O)N2CCC(NC(=O)CN3C(=O)NC(C)(C4CC4)C3=O)CC2)cc1. The van der Waals surface area contributed by atoms with E-state index >= 15 is 0 Å². The summed E-state index contributed by atoms with van der Waals surface area (Å²) in [4.78, 5) is 49.6. The molecule has 5 amide bonds. The quantitative estimate of drug-likeness (QED) is 0.477. The van der Waals surface area contributed by atoms with Gasteiger partial charge in [-0.1, -0.05) is 0 Å². The highest BCUT2D eigenvalue weighted by atomic mass is 32.2. The van der Waals surface area contributed by atoms with Crippen LogP contribution in [0.2, 0.25) is 0 Å². The number of nitrogens with one attached hydrogen (secondary N) is 3. The van der Waals surface area contributed by atoms with Crippen molar-refractivity contribution in [2.24, 2.45) is 5.92 Å². The molecule has 2 aliphatic heterocycles. The van der Waals surface area contributed by atoms with Crippen LogP contribution >= 0.6 is 0 Å². The van der Waals surface area contributed by atoms with Gasteiger partial charge < -0.3 is 16.0 Å². The summed E-state index contributed by atoms with van der Waals surface area (Å²) in [6.07, 6.45) is 2.58. The second kappa shape index (κ2) is 8.99. The van der Waals surface area contributed by atoms with Crippen molar-refractivity contribution in [3.8, 4) is 0 Å². The molecule has 1 aromatic carbocycles. The Bertz CT molecular complexity index is 1110. The number of carbonyl (C=O) groups is 4. The van der Waals surface area contributed by atoms with Crippen molar-refractivity contribution in [3.05, 3.63) is 24.3 Å². The van der Waals surface area contributed by atoms with Crippen LogP contribution in [0.3, 0.4) is 0 Å². The number of amides is 5. The molecule has 1 saturated carbocycles. The Kier molecular flexibility index (Phi) is 6.38. The molecule has 1 aliphatic carbocycles. The number of rotatable bonds is 7. The summed E-state index contributed by atoms with van der Waals surface area (Å²) >= 11 is 0. The van der Waals surface area contributed by atoms with E-state index in [9.17, 15) is 27.6 Å². The van der Waals surface area contributed by atoms with Crippen LogP contribution in [0, 0.1) is 5.92 Å². The first-order chi connectivity index (χ1) is 16.0. The molecule has 3 aliphatic rings. The molecule has 2 heterocycles. The van der Waals surface area contributed by atoms with E-state index in [1.807, 2.05) is 0 Å². The molecule has 34 heavy (non-hydrogen) atoms. The molecule has 1 aromatic rings. The fourth-order valence-corrected chi connectivity index (χ4v) is 5.99. The lowest BCUT2D eigenvalue weighted by molar-refractivity contribution is -0.135. The van der Waals surface area contributed by atoms with Gasteiger partial charge in [-0.25, -0.2) is 13.2 Å². The Labute approximate surface area is 198 Å². The first kappa shape index (κ1) is 24.1. The minimum absolute atomic E-state index is 0.116. The minimum Gasteiger partial charge on any atom is -0.352 e. The molecule has 0 aromatic heterocycles. The zero-order valence-corrected chi connectivity index (χ0v) is 20.0. The molecule has 3 fully saturated rings. The zero-order valence-electron chi connectivity index (χ0n) is 19.2. The van der Waals surface area contributed by atoms with Gasteiger partial charge in [0.1, 0.15) is 12.1 Å². The molecule has 1 unspecified atom stereocenters. The summed E-state index contributed by atoms with van der Waals surface area (Å²) < 4.78 is 27.2. The Morgan fingerprint density at radius 2 is 1.71 bits per heavy atom. The van der Waals surface area contributed by atoms with Crippen molar-refractivity contribution in [3.63, 3.8) is 0 Å². The van der Waals surface area contributed by atoms with Gasteiger partial charge >= 0.3 is 6.03 Å². The van der Waals surface area contributed by atoms with E-state index in [2.05, 4.69) is 16.0 Å². The first-order valence-corrected chi connectivity index (χ1v) is 12.8. The minimum atomic E-state index is -3.71. The fourth-order valence-electron chi connectivity index (χ4n) is 4.52. The van der Waals surface area contributed by atoms with Crippen molar-refractivity contribution in [1.29, 1.82) is 0 Å². The number of hydrogen-bond donors (Lipinski definition) is 3. The largest absolute Gasteiger partial charge is 0.352 e. The number of benzene rings is 1. The van der Waals surface area contributed by atoms with Gasteiger partial charge in [0.05, 0.1) is 4.90 Å². The predicted octanol–water partition coefficient (Wildman–Crippen LogP) is 0.635. The average molecular weight is 492 g/mol. The number of piperidine rings is 1. The van der Waals surface area contributed by atoms with Gasteiger partial charge in [-0.05, 0) is 62.8 Å². The van der Waals surface area contributed by atoms with Gasteiger partial charge in [-0.3, -0.25) is 19.3 Å². The van der Waals surface area contributed by atoms with Crippen molar-refractivity contribution >= 4 is 39.5 Å². The van der Waals surface area contributed by atoms with E-state index in [1.54, 1.807) is 6.92 Å². The zero-order chi connectivity index (χ0) is 24.7. The third-order valence-electron chi connectivity index (χ3n) is 6.63. The molecule has 1 atom stereocenters. The lowest BCUT2D eigenvalue weighted by atomic mass is 9.96. The van der Waals surface area contributed by atoms with Gasteiger partial charge in [-0.15, -0.1) is 0 Å². The second-order valence-corrected chi connectivity index (χ2v) is 11.2. The molecule has 3 N–H and O–H groups in total. The Morgan fingerprint density at radius 1 is 1.09 bits per heavy atom. The van der Waals surface area contributed by atoms with Gasteiger partial charge in [0.15, 0.2) is 0 Å². The lowest BCUT2D eigenvalue weighted by Crippen LogP contribution is -2.50. The van der Waals surface area contributed by atoms with Crippen LogP contribution in [0.15, 0.2) is 29.2 Å². The maximum atomic E-state index is 12.9. The number of hydrogen-bond acceptors (Lipinski definition) is 6. The van der Waals surface area contributed by atoms with Crippen LogP contribution in [-0.2, 0) is 24.4 Å². The highest BCUT2D eigenvalue weighted by Gasteiger charge is 2.56. The van der Waals surface area contributed by atoms with Crippen LogP contribution in [-0.4, -0.2) is 72.6 Å². The summed E-state index contributed by atoms with van der Waals surface area (Å²) in [5.41, 5.74) is -0.423. The van der Waals surface area contributed by atoms with Crippen LogP contribution in [0.4, 0.5) is 10.5 Å². The van der Waals surface area contributed by atoms with Gasteiger partial charge in [0, 0.05) is 31.7 Å². The molecular formula is C22H29N5O6S. The number of imide groups is 1. The number of carbonyl (C=O) groups excluding carboxylic acids is 4. The maximum Gasteiger partial charge on any atom is 0.325 e. The van der Waals surface area contributed by atoms with Gasteiger partial charge in [-0.2, -0.15) is 4.31 Å². The first-order valence-electron chi connectivity index (χ1n) is 11.3. The van der Waals surface area contributed by atoms with Crippen molar-refractivity contribution in [1.82, 2.24) is 19.8 Å². The molecule has 0 radical (unpaired) electrons. The topological polar surface area (TPSA) is 145 Å². The van der Waals surface area contributed by atoms with Gasteiger partial charge in [0.2, 0.25) is 21.8 Å². The molecule has 0 spiro atoms. The third kappa shape index (κ3) is 4.78. The van der Waals surface area contributed by atoms with E-state index < -0.39 is 27.5 Å². The summed E-state index contributed by atoms with van der Waals surface area (Å²) in [7, 11) is -3.71. The summed E-state index contributed by atoms with van der Waals surface area (Å²) in [5, 5.41) is 8.13. The van der Waals surface area contributed by atoms with Crippen molar-refractivity contribution in [2.45, 2.75) is 56.0 Å². The van der Waals surface area contributed by atoms with E-state index in [4.69, 9.17) is 0 Å². The van der Waals surface area contributed by atoms with Crippen molar-refractivity contribution < 1.29 is 27.6 Å². The smallest absolute Gasteiger partial charge is 0.325 e. The molecule has 4 rings (SSSR count). The molecule has 11 nitrogen and oxygen atoms in total. The number of sulfonamides is 1. The fraction of sp³-hybridized carbons (Fsp3) is 0.545. The Balaban J connectivity index is 1.29. The normalized spacial score (nSPS) is 24.1. The summed E-state index contributed by atoms with van der Waals surface area (Å²) in [5.74, 6) is -0.949. The monoisotopic (exact) mass is 491 g/mol. The molecule has 2 saturated heterocycles. The van der Waals surface area contributed by atoms with Crippen LogP contribution in [0.5, 0.6) is 0 Å². The van der Waals surface area contributed by atoms with Crippen molar-refractivity contribution in [2.75, 3.05) is 25.0 Å². The van der Waals surface area contributed by atoms with Crippen LogP contribution in [0.25, 0.3) is 0 Å². The number of anilines is 1. The highest BCUT2D eigenvalue weighted by molar-refractivity contribution is 7.89. The third-order valence-corrected chi connectivity index (χ3v) is 8.54. The second-order valence-electron chi connectivity index (χ2n) is 9.25. The molecule has 12 heteroatoms. The van der Waals surface area contributed by atoms with Gasteiger partial charge in [0.25, 0.3) is 5.91 Å².